The minimum absolute atomic E-state index is 1.10. The second-order valence-corrected chi connectivity index (χ2v) is 16.5. The number of aromatic nitrogens is 2. The molecule has 3 heteroatoms. The summed E-state index contributed by atoms with van der Waals surface area (Å²) in [6.45, 7) is 0. The van der Waals surface area contributed by atoms with Gasteiger partial charge in [0.25, 0.3) is 0 Å². The maximum Gasteiger partial charge on any atom is 0.0621 e. The van der Waals surface area contributed by atoms with Gasteiger partial charge in [-0.15, -0.1) is 0 Å². The van der Waals surface area contributed by atoms with E-state index in [0.29, 0.717) is 0 Å². The van der Waals surface area contributed by atoms with Crippen LogP contribution in [0.3, 0.4) is 0 Å². The van der Waals surface area contributed by atoms with Crippen LogP contribution in [0.5, 0.6) is 0 Å². The van der Waals surface area contributed by atoms with Crippen molar-refractivity contribution in [2.24, 2.45) is 0 Å². The van der Waals surface area contributed by atoms with Crippen molar-refractivity contribution in [1.82, 2.24) is 8.97 Å². The number of benzene rings is 10. The van der Waals surface area contributed by atoms with Crippen LogP contribution < -0.4 is 4.90 Å². The summed E-state index contributed by atoms with van der Waals surface area (Å²) < 4.78 is 4.87. The Morgan fingerprint density at radius 1 is 0.286 bits per heavy atom. The van der Waals surface area contributed by atoms with Gasteiger partial charge in [0.15, 0.2) is 0 Å². The van der Waals surface area contributed by atoms with E-state index in [4.69, 9.17) is 0 Å². The van der Waals surface area contributed by atoms with Gasteiger partial charge in [-0.25, -0.2) is 0 Å². The molecule has 13 aromatic rings. The molecule has 3 heterocycles. The van der Waals surface area contributed by atoms with Crippen LogP contribution in [-0.2, 0) is 0 Å². The number of anilines is 3. The molecular weight excluding hydrogens is 763 g/mol. The lowest BCUT2D eigenvalue weighted by molar-refractivity contribution is 1.18. The van der Waals surface area contributed by atoms with E-state index in [9.17, 15) is 0 Å². The van der Waals surface area contributed by atoms with Crippen molar-refractivity contribution < 1.29 is 0 Å². The van der Waals surface area contributed by atoms with Gasteiger partial charge in [0.2, 0.25) is 0 Å². The Bertz CT molecular complexity index is 3810. The molecule has 0 saturated heterocycles. The minimum Gasteiger partial charge on any atom is -0.310 e. The Hall–Kier alpha value is -8.40. The van der Waals surface area contributed by atoms with Crippen LogP contribution in [0.2, 0.25) is 0 Å². The third-order valence-electron chi connectivity index (χ3n) is 13.0. The molecule has 294 valence electrons. The fraction of sp³-hybridized carbons (Fsp3) is 0. The monoisotopic (exact) mass is 801 g/mol. The van der Waals surface area contributed by atoms with Crippen LogP contribution >= 0.6 is 0 Å². The van der Waals surface area contributed by atoms with Crippen molar-refractivity contribution in [3.8, 4) is 39.1 Å². The average molecular weight is 802 g/mol. The van der Waals surface area contributed by atoms with Gasteiger partial charge >= 0.3 is 0 Å². The molecule has 0 amide bonds. The molecule has 10 aromatic carbocycles. The van der Waals surface area contributed by atoms with Crippen molar-refractivity contribution in [3.05, 3.63) is 237 Å². The molecule has 0 saturated carbocycles. The van der Waals surface area contributed by atoms with Gasteiger partial charge in [0, 0.05) is 49.4 Å². The Labute approximate surface area is 364 Å². The van der Waals surface area contributed by atoms with E-state index >= 15 is 0 Å². The molecule has 0 bridgehead atoms. The maximum atomic E-state index is 2.46. The van der Waals surface area contributed by atoms with Gasteiger partial charge in [0.05, 0.1) is 33.3 Å². The van der Waals surface area contributed by atoms with E-state index in [-0.39, 0.29) is 0 Å². The highest BCUT2D eigenvalue weighted by molar-refractivity contribution is 6.26. The van der Waals surface area contributed by atoms with Crippen LogP contribution in [0.25, 0.3) is 99.0 Å². The normalized spacial score (nSPS) is 11.8. The van der Waals surface area contributed by atoms with Gasteiger partial charge in [-0.2, -0.15) is 0 Å². The highest BCUT2D eigenvalue weighted by Gasteiger charge is 2.23. The largest absolute Gasteiger partial charge is 0.310 e. The van der Waals surface area contributed by atoms with E-state index in [2.05, 4.69) is 250 Å². The van der Waals surface area contributed by atoms with Crippen LogP contribution in [0, 0.1) is 0 Å². The Morgan fingerprint density at radius 2 is 0.794 bits per heavy atom. The topological polar surface area (TPSA) is 12.6 Å². The first-order chi connectivity index (χ1) is 31.3. The molecule has 3 nitrogen and oxygen atoms in total. The van der Waals surface area contributed by atoms with Crippen molar-refractivity contribution in [2.45, 2.75) is 0 Å². The van der Waals surface area contributed by atoms with E-state index in [1.54, 1.807) is 0 Å². The summed E-state index contributed by atoms with van der Waals surface area (Å²) in [6.07, 6.45) is 0. The van der Waals surface area contributed by atoms with Gasteiger partial charge in [-0.1, -0.05) is 164 Å². The number of hydrogen-bond acceptors (Lipinski definition) is 1. The molecule has 0 aliphatic heterocycles. The first kappa shape index (κ1) is 35.4. The lowest BCUT2D eigenvalue weighted by Gasteiger charge is -2.27. The van der Waals surface area contributed by atoms with E-state index in [0.717, 1.165) is 22.7 Å². The van der Waals surface area contributed by atoms with Crippen molar-refractivity contribution in [2.75, 3.05) is 4.90 Å². The zero-order valence-corrected chi connectivity index (χ0v) is 34.4. The van der Waals surface area contributed by atoms with Crippen LogP contribution in [-0.4, -0.2) is 8.97 Å². The summed E-state index contributed by atoms with van der Waals surface area (Å²) in [5, 5.41) is 7.56. The lowest BCUT2D eigenvalue weighted by atomic mass is 10.0. The fourth-order valence-electron chi connectivity index (χ4n) is 10.2. The van der Waals surface area contributed by atoms with Crippen LogP contribution in [0.1, 0.15) is 0 Å². The Kier molecular flexibility index (Phi) is 7.91. The summed E-state index contributed by atoms with van der Waals surface area (Å²) in [4.78, 5) is 2.44. The number of fused-ring (bicyclic) bond motifs is 9. The van der Waals surface area contributed by atoms with Gasteiger partial charge < -0.3 is 13.9 Å². The van der Waals surface area contributed by atoms with E-state index < -0.39 is 0 Å². The standard InChI is InChI=1S/C60H39N3/c1-4-14-40(15-5-1)42-26-32-47(33-27-42)61(56-24-13-25-57-59(56)52-22-12-21-51-49-20-10-11-23-54(49)63(57)60(51)52)48-34-28-43(29-35-48)45-30-36-50-53-38-44(41-16-6-2-7-17-41)31-37-55(53)62(58(50)39-45)46-18-8-3-9-19-46/h1-39H. The second kappa shape index (κ2) is 14.1. The van der Waals surface area contributed by atoms with Crippen molar-refractivity contribution in [1.29, 1.82) is 0 Å². The smallest absolute Gasteiger partial charge is 0.0621 e. The molecule has 0 spiro atoms. The Balaban J connectivity index is 0.972. The summed E-state index contributed by atoms with van der Waals surface area (Å²) >= 11 is 0. The molecule has 3 aromatic heterocycles. The maximum absolute atomic E-state index is 2.46. The van der Waals surface area contributed by atoms with Crippen LogP contribution in [0.15, 0.2) is 237 Å². The molecule has 0 unspecified atom stereocenters. The first-order valence-corrected chi connectivity index (χ1v) is 21.7. The van der Waals surface area contributed by atoms with Gasteiger partial charge in [-0.05, 0) is 106 Å². The van der Waals surface area contributed by atoms with Crippen LogP contribution in [0.4, 0.5) is 17.1 Å². The fourth-order valence-corrected chi connectivity index (χ4v) is 10.2. The molecule has 0 atom stereocenters. The molecule has 0 radical (unpaired) electrons. The summed E-state index contributed by atoms with van der Waals surface area (Å²) in [5.74, 6) is 0. The number of rotatable bonds is 7. The van der Waals surface area contributed by atoms with Crippen molar-refractivity contribution in [3.63, 3.8) is 0 Å². The third kappa shape index (κ3) is 5.53. The van der Waals surface area contributed by atoms with E-state index in [1.807, 2.05) is 0 Å². The molecule has 0 fully saturated rings. The molecule has 63 heavy (non-hydrogen) atoms. The number of para-hydroxylation sites is 3. The molecule has 13 rings (SSSR count). The predicted molar refractivity (Wildman–Crippen MR) is 266 cm³/mol. The molecule has 0 aliphatic rings. The van der Waals surface area contributed by atoms with E-state index in [1.165, 1.54) is 93.3 Å². The van der Waals surface area contributed by atoms with Crippen molar-refractivity contribution >= 4 is 77.0 Å². The minimum atomic E-state index is 1.10. The summed E-state index contributed by atoms with van der Waals surface area (Å²) in [6, 6.07) is 86.3. The zero-order valence-electron chi connectivity index (χ0n) is 34.4. The van der Waals surface area contributed by atoms with Gasteiger partial charge in [-0.3, -0.25) is 0 Å². The summed E-state index contributed by atoms with van der Waals surface area (Å²) in [7, 11) is 0. The number of nitrogens with zero attached hydrogens (tertiary/aromatic N) is 3. The first-order valence-electron chi connectivity index (χ1n) is 21.7. The molecule has 0 aliphatic carbocycles. The average Bonchev–Trinajstić information content (AvgIpc) is 4.01. The third-order valence-corrected chi connectivity index (χ3v) is 13.0. The predicted octanol–water partition coefficient (Wildman–Crippen LogP) is 16.4. The SMILES string of the molecule is c1ccc(-c2ccc(N(c3ccc(-c4ccc5c6cc(-c7ccccc7)ccc6n(-c6ccccc6)c5c4)cc3)c3cccc4c3c3cccc5c6ccccc6n4c53)cc2)cc1. The van der Waals surface area contributed by atoms with Gasteiger partial charge in [0.1, 0.15) is 0 Å². The highest BCUT2D eigenvalue weighted by atomic mass is 15.1. The quantitative estimate of drug-likeness (QED) is 0.156. The lowest BCUT2D eigenvalue weighted by Crippen LogP contribution is -2.10. The summed E-state index contributed by atoms with van der Waals surface area (Å²) in [5.41, 5.74) is 17.8. The second-order valence-electron chi connectivity index (χ2n) is 16.5. The molecule has 0 N–H and O–H groups in total. The number of hydrogen-bond donors (Lipinski definition) is 0. The zero-order chi connectivity index (χ0) is 41.4. The Morgan fingerprint density at radius 3 is 1.52 bits per heavy atom. The molecular formula is C60H39N3. The highest BCUT2D eigenvalue weighted by Crippen LogP contribution is 2.47.